The number of ether oxygens (including phenoxy) is 2. The summed E-state index contributed by atoms with van der Waals surface area (Å²) in [7, 11) is 0. The summed E-state index contributed by atoms with van der Waals surface area (Å²) in [5, 5.41) is 19.0. The number of carbonyl (C=O) groups excluding carboxylic acids is 3. The van der Waals surface area contributed by atoms with Crippen LogP contribution in [-0.2, 0) is 9.53 Å². The molecule has 3 N–H and O–H groups in total. The molecule has 1 unspecified atom stereocenters. The van der Waals surface area contributed by atoms with Crippen molar-refractivity contribution in [2.24, 2.45) is 5.92 Å². The molecule has 180 valence electrons. The SMILES string of the molecule is CC(CC(=O)c1ccc(C(=N)NC(=O)OC(C)(C)C)cc1)C(=O)c1ccc(OCC(=O)O)cc1. The van der Waals surface area contributed by atoms with Crippen molar-refractivity contribution < 1.29 is 33.8 Å². The van der Waals surface area contributed by atoms with Crippen LogP contribution in [0.3, 0.4) is 0 Å². The topological polar surface area (TPSA) is 143 Å². The van der Waals surface area contributed by atoms with E-state index in [9.17, 15) is 19.2 Å². The van der Waals surface area contributed by atoms with Gasteiger partial charge in [-0.15, -0.1) is 0 Å². The van der Waals surface area contributed by atoms with Crippen LogP contribution >= 0.6 is 0 Å². The molecule has 9 nitrogen and oxygen atoms in total. The average Bonchev–Trinajstić information content (AvgIpc) is 2.76. The highest BCUT2D eigenvalue weighted by Crippen LogP contribution is 2.19. The van der Waals surface area contributed by atoms with Gasteiger partial charge in [-0.25, -0.2) is 9.59 Å². The van der Waals surface area contributed by atoms with E-state index < -0.39 is 30.2 Å². The van der Waals surface area contributed by atoms with Crippen molar-refractivity contribution >= 4 is 29.5 Å². The number of rotatable bonds is 9. The van der Waals surface area contributed by atoms with Crippen LogP contribution in [0.1, 0.15) is 60.4 Å². The number of amides is 1. The normalized spacial score (nSPS) is 11.8. The van der Waals surface area contributed by atoms with E-state index in [-0.39, 0.29) is 23.8 Å². The van der Waals surface area contributed by atoms with E-state index in [2.05, 4.69) is 5.32 Å². The van der Waals surface area contributed by atoms with Gasteiger partial charge in [0.1, 0.15) is 17.2 Å². The zero-order valence-corrected chi connectivity index (χ0v) is 19.5. The second kappa shape index (κ2) is 11.2. The number of aliphatic carboxylic acids is 1. The number of amidine groups is 1. The lowest BCUT2D eigenvalue weighted by molar-refractivity contribution is -0.139. The molecule has 2 aromatic carbocycles. The third kappa shape index (κ3) is 8.16. The van der Waals surface area contributed by atoms with Crippen LogP contribution < -0.4 is 10.1 Å². The third-order valence-electron chi connectivity index (χ3n) is 4.56. The molecule has 2 rings (SSSR count). The monoisotopic (exact) mass is 468 g/mol. The number of carboxylic acid groups (broad SMARTS) is 1. The number of hydrogen-bond donors (Lipinski definition) is 3. The summed E-state index contributed by atoms with van der Waals surface area (Å²) in [5.41, 5.74) is 0.480. The molecule has 0 aromatic heterocycles. The molecule has 1 amide bonds. The molecule has 0 fully saturated rings. The van der Waals surface area contributed by atoms with Crippen molar-refractivity contribution in [3.8, 4) is 5.75 Å². The Labute approximate surface area is 197 Å². The van der Waals surface area contributed by atoms with Crippen molar-refractivity contribution in [2.45, 2.75) is 39.7 Å². The Morgan fingerprint density at radius 2 is 1.47 bits per heavy atom. The maximum Gasteiger partial charge on any atom is 0.413 e. The van der Waals surface area contributed by atoms with Gasteiger partial charge < -0.3 is 14.6 Å². The maximum atomic E-state index is 12.7. The fourth-order valence-electron chi connectivity index (χ4n) is 2.93. The number of ketones is 2. The van der Waals surface area contributed by atoms with Crippen LogP contribution in [0.25, 0.3) is 0 Å². The summed E-state index contributed by atoms with van der Waals surface area (Å²) < 4.78 is 10.2. The standard InChI is InChI=1S/C25H28N2O7/c1-15(22(31)17-9-11-19(12-10-17)33-14-21(29)30)13-20(28)16-5-7-18(8-6-16)23(26)27-24(32)34-25(2,3)4/h5-12,15H,13-14H2,1-4H3,(H,29,30)(H2,26,27,32). The number of benzene rings is 2. The summed E-state index contributed by atoms with van der Waals surface area (Å²) in [6.07, 6.45) is -0.755. The average molecular weight is 469 g/mol. The van der Waals surface area contributed by atoms with E-state index in [1.165, 1.54) is 48.5 Å². The van der Waals surface area contributed by atoms with Crippen molar-refractivity contribution in [1.29, 1.82) is 5.41 Å². The summed E-state index contributed by atoms with van der Waals surface area (Å²) >= 11 is 0. The first-order chi connectivity index (χ1) is 15.9. The maximum absolute atomic E-state index is 12.7. The Morgan fingerprint density at radius 1 is 0.941 bits per heavy atom. The second-order valence-electron chi connectivity index (χ2n) is 8.68. The Bertz CT molecular complexity index is 1070. The molecular weight excluding hydrogens is 440 g/mol. The molecule has 0 bridgehead atoms. The minimum absolute atomic E-state index is 0.0109. The van der Waals surface area contributed by atoms with Crippen LogP contribution in [-0.4, -0.2) is 46.8 Å². The highest BCUT2D eigenvalue weighted by Gasteiger charge is 2.21. The van der Waals surface area contributed by atoms with Crippen LogP contribution in [0.15, 0.2) is 48.5 Å². The van der Waals surface area contributed by atoms with Crippen LogP contribution in [0.5, 0.6) is 5.75 Å². The summed E-state index contributed by atoms with van der Waals surface area (Å²) in [6, 6.07) is 12.2. The Kier molecular flexibility index (Phi) is 8.66. The van der Waals surface area contributed by atoms with E-state index >= 15 is 0 Å². The minimum atomic E-state index is -1.10. The van der Waals surface area contributed by atoms with Crippen molar-refractivity contribution in [1.82, 2.24) is 5.32 Å². The first kappa shape index (κ1) is 26.2. The van der Waals surface area contributed by atoms with Gasteiger partial charge in [0.05, 0.1) is 0 Å². The molecule has 0 saturated heterocycles. The first-order valence-electron chi connectivity index (χ1n) is 10.6. The summed E-state index contributed by atoms with van der Waals surface area (Å²) in [5.74, 6) is -1.97. The van der Waals surface area contributed by atoms with Crippen LogP contribution in [0.2, 0.25) is 0 Å². The quantitative estimate of drug-likeness (QED) is 0.286. The Hall–Kier alpha value is -4.01. The fourth-order valence-corrected chi connectivity index (χ4v) is 2.93. The molecule has 2 aromatic rings. The lowest BCUT2D eigenvalue weighted by Gasteiger charge is -2.19. The molecular formula is C25H28N2O7. The smallest absolute Gasteiger partial charge is 0.413 e. The van der Waals surface area contributed by atoms with Gasteiger partial charge in [0.25, 0.3) is 0 Å². The van der Waals surface area contributed by atoms with Crippen molar-refractivity contribution in [3.63, 3.8) is 0 Å². The first-order valence-corrected chi connectivity index (χ1v) is 10.6. The zero-order valence-electron chi connectivity index (χ0n) is 19.5. The molecule has 0 radical (unpaired) electrons. The third-order valence-corrected chi connectivity index (χ3v) is 4.56. The number of alkyl carbamates (subject to hydrolysis) is 1. The molecule has 0 heterocycles. The minimum Gasteiger partial charge on any atom is -0.482 e. The van der Waals surface area contributed by atoms with Gasteiger partial charge in [-0.2, -0.15) is 0 Å². The summed E-state index contributed by atoms with van der Waals surface area (Å²) in [6.45, 7) is 6.33. The Balaban J connectivity index is 1.94. The highest BCUT2D eigenvalue weighted by molar-refractivity contribution is 6.06. The molecule has 9 heteroatoms. The molecule has 0 aliphatic rings. The zero-order chi connectivity index (χ0) is 25.5. The molecule has 0 aliphatic heterocycles. The van der Waals surface area contributed by atoms with Crippen molar-refractivity contribution in [2.75, 3.05) is 6.61 Å². The molecule has 1 atom stereocenters. The van der Waals surface area contributed by atoms with Gasteiger partial charge in [-0.1, -0.05) is 31.2 Å². The Morgan fingerprint density at radius 3 is 2.00 bits per heavy atom. The van der Waals surface area contributed by atoms with Crippen LogP contribution in [0.4, 0.5) is 4.79 Å². The van der Waals surface area contributed by atoms with E-state index in [1.807, 2.05) is 0 Å². The molecule has 0 saturated carbocycles. The predicted molar refractivity (Wildman–Crippen MR) is 125 cm³/mol. The van der Waals surface area contributed by atoms with E-state index in [0.29, 0.717) is 22.4 Å². The van der Waals surface area contributed by atoms with Gasteiger partial charge in [-0.05, 0) is 45.0 Å². The van der Waals surface area contributed by atoms with Gasteiger partial charge in [0, 0.05) is 29.0 Å². The number of nitrogens with one attached hydrogen (secondary N) is 2. The number of Topliss-reactive ketones (excluding diaryl/α,β-unsaturated/α-hetero) is 2. The molecule has 0 aliphatic carbocycles. The molecule has 0 spiro atoms. The lowest BCUT2D eigenvalue weighted by Crippen LogP contribution is -2.36. The van der Waals surface area contributed by atoms with E-state index in [0.717, 1.165) is 0 Å². The van der Waals surface area contributed by atoms with Gasteiger partial charge in [0.15, 0.2) is 18.2 Å². The number of hydrogen-bond acceptors (Lipinski definition) is 7. The van der Waals surface area contributed by atoms with E-state index in [4.69, 9.17) is 20.0 Å². The van der Waals surface area contributed by atoms with Gasteiger partial charge in [-0.3, -0.25) is 20.3 Å². The summed E-state index contributed by atoms with van der Waals surface area (Å²) in [4.78, 5) is 47.7. The van der Waals surface area contributed by atoms with E-state index in [1.54, 1.807) is 27.7 Å². The number of carboxylic acids is 1. The van der Waals surface area contributed by atoms with Gasteiger partial charge in [0.2, 0.25) is 0 Å². The highest BCUT2D eigenvalue weighted by atomic mass is 16.6. The number of carbonyl (C=O) groups is 4. The fraction of sp³-hybridized carbons (Fsp3) is 0.320. The molecule has 34 heavy (non-hydrogen) atoms. The predicted octanol–water partition coefficient (Wildman–Crippen LogP) is 4.09. The van der Waals surface area contributed by atoms with Crippen molar-refractivity contribution in [3.05, 3.63) is 65.2 Å². The second-order valence-corrected chi connectivity index (χ2v) is 8.68. The van der Waals surface area contributed by atoms with Gasteiger partial charge >= 0.3 is 12.1 Å². The van der Waals surface area contributed by atoms with Crippen LogP contribution in [0, 0.1) is 11.3 Å². The lowest BCUT2D eigenvalue weighted by atomic mass is 9.92. The largest absolute Gasteiger partial charge is 0.482 e.